The second-order valence-electron chi connectivity index (χ2n) is 4.34. The minimum Gasteiger partial charge on any atom is -0.508 e. The van der Waals surface area contributed by atoms with Crippen molar-refractivity contribution in [3.8, 4) is 5.75 Å². The molecule has 1 unspecified atom stereocenters. The third-order valence-electron chi connectivity index (χ3n) is 2.73. The van der Waals surface area contributed by atoms with Gasteiger partial charge in [-0.3, -0.25) is 4.79 Å². The lowest BCUT2D eigenvalue weighted by molar-refractivity contribution is -0.134. The monoisotopic (exact) mass is 236 g/mol. The molecule has 0 heterocycles. The number of nitrogens with zero attached hydrogens (tertiary/aromatic N) is 1. The molecule has 3 N–H and O–H groups in total. The maximum Gasteiger partial charge on any atom is 0.225 e. The summed E-state index contributed by atoms with van der Waals surface area (Å²) < 4.78 is 0. The van der Waals surface area contributed by atoms with Crippen LogP contribution in [0.3, 0.4) is 0 Å². The average molecular weight is 236 g/mol. The van der Waals surface area contributed by atoms with E-state index in [1.807, 2.05) is 13.0 Å². The van der Waals surface area contributed by atoms with E-state index >= 15 is 0 Å². The summed E-state index contributed by atoms with van der Waals surface area (Å²) in [6.07, 6.45) is 0.698. The third kappa shape index (κ3) is 4.07. The predicted molar refractivity (Wildman–Crippen MR) is 67.4 cm³/mol. The van der Waals surface area contributed by atoms with Gasteiger partial charge in [-0.05, 0) is 30.7 Å². The maximum atomic E-state index is 11.9. The van der Waals surface area contributed by atoms with E-state index < -0.39 is 0 Å². The first kappa shape index (κ1) is 13.5. The van der Waals surface area contributed by atoms with Gasteiger partial charge in [-0.2, -0.15) is 0 Å². The van der Waals surface area contributed by atoms with Crippen molar-refractivity contribution >= 4 is 5.91 Å². The van der Waals surface area contributed by atoms with Crippen LogP contribution in [0.4, 0.5) is 0 Å². The molecule has 1 atom stereocenters. The van der Waals surface area contributed by atoms with Gasteiger partial charge in [-0.25, -0.2) is 0 Å². The summed E-state index contributed by atoms with van der Waals surface area (Å²) in [7, 11) is 1.76. The number of amides is 1. The van der Waals surface area contributed by atoms with Gasteiger partial charge in [-0.15, -0.1) is 0 Å². The Labute approximate surface area is 102 Å². The second kappa shape index (κ2) is 6.25. The Morgan fingerprint density at radius 2 is 2.24 bits per heavy atom. The first-order chi connectivity index (χ1) is 8.04. The van der Waals surface area contributed by atoms with Crippen molar-refractivity contribution in [3.05, 3.63) is 29.8 Å². The fourth-order valence-corrected chi connectivity index (χ4v) is 1.76. The normalized spacial score (nSPS) is 12.2. The number of hydrogen-bond acceptors (Lipinski definition) is 3. The molecule has 0 saturated heterocycles. The van der Waals surface area contributed by atoms with E-state index in [4.69, 9.17) is 5.73 Å². The van der Waals surface area contributed by atoms with Crippen LogP contribution in [-0.4, -0.2) is 29.5 Å². The highest BCUT2D eigenvalue weighted by Crippen LogP contribution is 2.14. The van der Waals surface area contributed by atoms with Crippen LogP contribution in [-0.2, 0) is 11.3 Å². The SMILES string of the molecule is CC(CCN)C(=O)N(C)Cc1cccc(O)c1. The topological polar surface area (TPSA) is 66.6 Å². The van der Waals surface area contributed by atoms with Crippen molar-refractivity contribution in [2.45, 2.75) is 19.9 Å². The Hall–Kier alpha value is -1.55. The van der Waals surface area contributed by atoms with Gasteiger partial charge in [0.15, 0.2) is 0 Å². The van der Waals surface area contributed by atoms with E-state index in [0.717, 1.165) is 5.56 Å². The van der Waals surface area contributed by atoms with Gasteiger partial charge in [0.25, 0.3) is 0 Å². The molecule has 0 aliphatic carbocycles. The molecule has 1 rings (SSSR count). The molecule has 0 aliphatic heterocycles. The van der Waals surface area contributed by atoms with Crippen LogP contribution in [0.2, 0.25) is 0 Å². The van der Waals surface area contributed by atoms with Crippen molar-refractivity contribution in [2.24, 2.45) is 11.7 Å². The van der Waals surface area contributed by atoms with E-state index in [1.54, 1.807) is 30.1 Å². The van der Waals surface area contributed by atoms with Gasteiger partial charge in [-0.1, -0.05) is 19.1 Å². The summed E-state index contributed by atoms with van der Waals surface area (Å²) in [5, 5.41) is 9.34. The molecule has 0 aliphatic rings. The highest BCUT2D eigenvalue weighted by atomic mass is 16.3. The molecule has 0 radical (unpaired) electrons. The first-order valence-corrected chi connectivity index (χ1v) is 5.77. The number of rotatable bonds is 5. The molecule has 17 heavy (non-hydrogen) atoms. The van der Waals surface area contributed by atoms with Gasteiger partial charge in [0, 0.05) is 19.5 Å². The minimum atomic E-state index is -0.0534. The van der Waals surface area contributed by atoms with Gasteiger partial charge in [0.2, 0.25) is 5.91 Å². The van der Waals surface area contributed by atoms with E-state index in [1.165, 1.54) is 0 Å². The Kier molecular flexibility index (Phi) is 4.97. The smallest absolute Gasteiger partial charge is 0.225 e. The highest BCUT2D eigenvalue weighted by molar-refractivity contribution is 5.78. The van der Waals surface area contributed by atoms with E-state index in [2.05, 4.69) is 0 Å². The summed E-state index contributed by atoms with van der Waals surface area (Å²) in [6.45, 7) is 2.91. The summed E-state index contributed by atoms with van der Waals surface area (Å²) >= 11 is 0. The van der Waals surface area contributed by atoms with Crippen molar-refractivity contribution < 1.29 is 9.90 Å². The van der Waals surface area contributed by atoms with Crippen LogP contribution >= 0.6 is 0 Å². The predicted octanol–water partition coefficient (Wildman–Crippen LogP) is 1.34. The Morgan fingerprint density at radius 3 is 2.82 bits per heavy atom. The molecule has 1 amide bonds. The van der Waals surface area contributed by atoms with Gasteiger partial charge in [0.1, 0.15) is 5.75 Å². The molecule has 0 spiro atoms. The molecule has 4 heteroatoms. The largest absolute Gasteiger partial charge is 0.508 e. The molecule has 0 fully saturated rings. The fraction of sp³-hybridized carbons (Fsp3) is 0.462. The summed E-state index contributed by atoms with van der Waals surface area (Å²) in [4.78, 5) is 13.6. The lowest BCUT2D eigenvalue weighted by Crippen LogP contribution is -2.32. The molecule has 94 valence electrons. The quantitative estimate of drug-likeness (QED) is 0.810. The standard InChI is InChI=1S/C13H20N2O2/c1-10(6-7-14)13(17)15(2)9-11-4-3-5-12(16)8-11/h3-5,8,10,16H,6-7,9,14H2,1-2H3. The first-order valence-electron chi connectivity index (χ1n) is 5.77. The number of carbonyl (C=O) groups is 1. The summed E-state index contributed by atoms with van der Waals surface area (Å²) in [5.41, 5.74) is 6.35. The Balaban J connectivity index is 2.59. The maximum absolute atomic E-state index is 11.9. The van der Waals surface area contributed by atoms with Crippen molar-refractivity contribution in [3.63, 3.8) is 0 Å². The zero-order chi connectivity index (χ0) is 12.8. The molecule has 1 aromatic carbocycles. The molecular formula is C13H20N2O2. The van der Waals surface area contributed by atoms with Gasteiger partial charge >= 0.3 is 0 Å². The van der Waals surface area contributed by atoms with Gasteiger partial charge in [0.05, 0.1) is 0 Å². The minimum absolute atomic E-state index is 0.0534. The van der Waals surface area contributed by atoms with Crippen molar-refractivity contribution in [1.29, 1.82) is 0 Å². The number of phenols is 1. The summed E-state index contributed by atoms with van der Waals surface area (Å²) in [5.74, 6) is 0.249. The van der Waals surface area contributed by atoms with Crippen LogP contribution in [0, 0.1) is 5.92 Å². The lowest BCUT2D eigenvalue weighted by atomic mass is 10.1. The number of benzene rings is 1. The lowest BCUT2D eigenvalue weighted by Gasteiger charge is -2.21. The Bertz CT molecular complexity index is 379. The van der Waals surface area contributed by atoms with Crippen molar-refractivity contribution in [1.82, 2.24) is 4.90 Å². The highest BCUT2D eigenvalue weighted by Gasteiger charge is 2.16. The van der Waals surface area contributed by atoms with Crippen LogP contribution in [0.25, 0.3) is 0 Å². The van der Waals surface area contributed by atoms with E-state index in [9.17, 15) is 9.90 Å². The number of hydrogen-bond donors (Lipinski definition) is 2. The molecular weight excluding hydrogens is 216 g/mol. The number of carbonyl (C=O) groups excluding carboxylic acids is 1. The zero-order valence-electron chi connectivity index (χ0n) is 10.4. The number of aromatic hydroxyl groups is 1. The van der Waals surface area contributed by atoms with E-state index in [0.29, 0.717) is 19.5 Å². The second-order valence-corrected chi connectivity index (χ2v) is 4.34. The van der Waals surface area contributed by atoms with Crippen LogP contribution in [0.15, 0.2) is 24.3 Å². The summed E-state index contributed by atoms with van der Waals surface area (Å²) in [6, 6.07) is 6.93. The van der Waals surface area contributed by atoms with Crippen LogP contribution in [0.1, 0.15) is 18.9 Å². The van der Waals surface area contributed by atoms with Gasteiger partial charge < -0.3 is 15.7 Å². The molecule has 1 aromatic rings. The fourth-order valence-electron chi connectivity index (χ4n) is 1.76. The molecule has 4 nitrogen and oxygen atoms in total. The molecule has 0 bridgehead atoms. The molecule has 0 saturated carbocycles. The van der Waals surface area contributed by atoms with Crippen LogP contribution < -0.4 is 5.73 Å². The van der Waals surface area contributed by atoms with Crippen LogP contribution in [0.5, 0.6) is 5.75 Å². The molecule has 0 aromatic heterocycles. The van der Waals surface area contributed by atoms with Crippen molar-refractivity contribution in [2.75, 3.05) is 13.6 Å². The average Bonchev–Trinajstić information content (AvgIpc) is 2.28. The van der Waals surface area contributed by atoms with E-state index in [-0.39, 0.29) is 17.6 Å². The zero-order valence-corrected chi connectivity index (χ0v) is 10.4. The number of nitrogens with two attached hydrogens (primary N) is 1. The Morgan fingerprint density at radius 1 is 1.53 bits per heavy atom. The number of phenolic OH excluding ortho intramolecular Hbond substituents is 1. The third-order valence-corrected chi connectivity index (χ3v) is 2.73.